The normalized spacial score (nSPS) is 17.9. The van der Waals surface area contributed by atoms with Gasteiger partial charge >= 0.3 is 0 Å². The number of benzene rings is 5. The Bertz CT molecular complexity index is 1680. The maximum atomic E-state index is 2.51. The average molecular weight is 506 g/mol. The van der Waals surface area contributed by atoms with Gasteiger partial charge in [-0.3, -0.25) is 0 Å². The molecule has 39 heavy (non-hydrogen) atoms. The molecule has 0 N–H and O–H groups in total. The number of para-hydroxylation sites is 1. The molecule has 1 fully saturated rings. The van der Waals surface area contributed by atoms with Gasteiger partial charge in [-0.1, -0.05) is 111 Å². The van der Waals surface area contributed by atoms with Crippen molar-refractivity contribution in [3.63, 3.8) is 0 Å². The van der Waals surface area contributed by atoms with E-state index in [4.69, 9.17) is 0 Å². The van der Waals surface area contributed by atoms with Crippen molar-refractivity contribution in [1.29, 1.82) is 0 Å². The van der Waals surface area contributed by atoms with Crippen molar-refractivity contribution < 1.29 is 0 Å². The van der Waals surface area contributed by atoms with Gasteiger partial charge in [0.1, 0.15) is 0 Å². The second kappa shape index (κ2) is 10.2. The molecule has 1 aromatic heterocycles. The highest BCUT2D eigenvalue weighted by atomic mass is 15.0. The van der Waals surface area contributed by atoms with Crippen LogP contribution in [0.5, 0.6) is 0 Å². The molecule has 192 valence electrons. The Morgan fingerprint density at radius 1 is 0.538 bits per heavy atom. The van der Waals surface area contributed by atoms with Crippen LogP contribution in [-0.2, 0) is 0 Å². The minimum Gasteiger partial charge on any atom is -0.309 e. The summed E-state index contributed by atoms with van der Waals surface area (Å²) >= 11 is 0. The van der Waals surface area contributed by atoms with E-state index in [-0.39, 0.29) is 0 Å². The first-order valence-electron chi connectivity index (χ1n) is 14.5. The molecule has 0 aliphatic heterocycles. The van der Waals surface area contributed by atoms with E-state index in [9.17, 15) is 0 Å². The van der Waals surface area contributed by atoms with Crippen LogP contribution in [0.2, 0.25) is 0 Å². The first kappa shape index (κ1) is 24.0. The molecule has 2 atom stereocenters. The number of hydrogen-bond donors (Lipinski definition) is 0. The molecule has 7 rings (SSSR count). The molecule has 1 nitrogen and oxygen atoms in total. The molecule has 2 unspecified atom stereocenters. The van der Waals surface area contributed by atoms with E-state index in [0.717, 1.165) is 5.92 Å². The lowest BCUT2D eigenvalue weighted by Gasteiger charge is -2.18. The summed E-state index contributed by atoms with van der Waals surface area (Å²) in [6.07, 6.45) is 6.72. The number of nitrogens with zero attached hydrogens (tertiary/aromatic N) is 1. The Kier molecular flexibility index (Phi) is 6.29. The third-order valence-corrected chi connectivity index (χ3v) is 8.74. The zero-order valence-electron chi connectivity index (χ0n) is 22.7. The van der Waals surface area contributed by atoms with Crippen molar-refractivity contribution in [3.8, 4) is 27.9 Å². The molecule has 1 heteroatoms. The van der Waals surface area contributed by atoms with Crippen LogP contribution in [0.25, 0.3) is 49.7 Å². The van der Waals surface area contributed by atoms with Gasteiger partial charge in [0.25, 0.3) is 0 Å². The van der Waals surface area contributed by atoms with E-state index in [1.54, 1.807) is 0 Å². The fourth-order valence-corrected chi connectivity index (χ4v) is 6.77. The van der Waals surface area contributed by atoms with Crippen LogP contribution in [0, 0.1) is 5.92 Å². The van der Waals surface area contributed by atoms with Gasteiger partial charge in [-0.25, -0.2) is 0 Å². The average Bonchev–Trinajstić information content (AvgIpc) is 3.16. The molecule has 5 aromatic carbocycles. The number of fused-ring (bicyclic) bond motifs is 3. The highest BCUT2D eigenvalue weighted by Gasteiger charge is 2.21. The molecular weight excluding hydrogens is 470 g/mol. The molecule has 0 saturated heterocycles. The summed E-state index contributed by atoms with van der Waals surface area (Å²) in [7, 11) is 0. The van der Waals surface area contributed by atoms with E-state index in [1.165, 1.54) is 87.4 Å². The Morgan fingerprint density at radius 3 is 1.87 bits per heavy atom. The monoisotopic (exact) mass is 505 g/mol. The number of rotatable bonds is 4. The Labute approximate surface area is 231 Å². The standard InChI is InChI=1S/C38H35N/c1-27-12-8-9-17-30(22-27)31-20-21-38-36(26-31)35-18-10-11-19-37(35)39(38)34-24-32(28-13-4-2-5-14-28)23-33(25-34)29-15-6-3-7-16-29/h2-7,10-11,13-16,18-21,23-27,30H,8-9,12,17,22H2,1H3. The quantitative estimate of drug-likeness (QED) is 0.210. The molecular formula is C38H35N. The van der Waals surface area contributed by atoms with E-state index >= 15 is 0 Å². The summed E-state index contributed by atoms with van der Waals surface area (Å²) < 4.78 is 2.48. The highest BCUT2D eigenvalue weighted by Crippen LogP contribution is 2.40. The topological polar surface area (TPSA) is 4.93 Å². The van der Waals surface area contributed by atoms with E-state index in [0.29, 0.717) is 5.92 Å². The van der Waals surface area contributed by atoms with Crippen molar-refractivity contribution >= 4 is 21.8 Å². The SMILES string of the molecule is CC1CCCCC(c2ccc3c(c2)c2ccccc2n3-c2cc(-c3ccccc3)cc(-c3ccccc3)c2)C1. The van der Waals surface area contributed by atoms with E-state index in [2.05, 4.69) is 133 Å². The van der Waals surface area contributed by atoms with Crippen molar-refractivity contribution in [2.24, 2.45) is 5.92 Å². The molecule has 0 spiro atoms. The molecule has 1 heterocycles. The Balaban J connectivity index is 1.45. The number of aromatic nitrogens is 1. The minimum absolute atomic E-state index is 0.667. The van der Waals surface area contributed by atoms with Crippen LogP contribution in [0.3, 0.4) is 0 Å². The predicted molar refractivity (Wildman–Crippen MR) is 167 cm³/mol. The van der Waals surface area contributed by atoms with Gasteiger partial charge in [0.15, 0.2) is 0 Å². The van der Waals surface area contributed by atoms with Crippen LogP contribution in [0.4, 0.5) is 0 Å². The number of hydrogen-bond acceptors (Lipinski definition) is 0. The first-order chi connectivity index (χ1) is 19.2. The minimum atomic E-state index is 0.667. The third-order valence-electron chi connectivity index (χ3n) is 8.74. The van der Waals surface area contributed by atoms with Crippen LogP contribution in [-0.4, -0.2) is 4.57 Å². The summed E-state index contributed by atoms with van der Waals surface area (Å²) in [5, 5.41) is 2.70. The molecule has 1 aliphatic carbocycles. The zero-order valence-corrected chi connectivity index (χ0v) is 22.7. The second-order valence-corrected chi connectivity index (χ2v) is 11.5. The summed E-state index contributed by atoms with van der Waals surface area (Å²) in [5.74, 6) is 1.48. The van der Waals surface area contributed by atoms with Gasteiger partial charge in [0.05, 0.1) is 11.0 Å². The lowest BCUT2D eigenvalue weighted by Crippen LogP contribution is -2.02. The van der Waals surface area contributed by atoms with Crippen LogP contribution >= 0.6 is 0 Å². The lowest BCUT2D eigenvalue weighted by atomic mass is 9.87. The van der Waals surface area contributed by atoms with Crippen molar-refractivity contribution in [2.75, 3.05) is 0 Å². The Morgan fingerprint density at radius 2 is 1.15 bits per heavy atom. The van der Waals surface area contributed by atoms with Crippen LogP contribution in [0.15, 0.2) is 121 Å². The molecule has 6 aromatic rings. The maximum Gasteiger partial charge on any atom is 0.0541 e. The van der Waals surface area contributed by atoms with Crippen molar-refractivity contribution in [2.45, 2.75) is 44.9 Å². The molecule has 1 aliphatic rings. The van der Waals surface area contributed by atoms with E-state index in [1.807, 2.05) is 0 Å². The first-order valence-corrected chi connectivity index (χ1v) is 14.5. The summed E-state index contributed by atoms with van der Waals surface area (Å²) in [5.41, 5.74) is 10.2. The van der Waals surface area contributed by atoms with Gasteiger partial charge in [-0.15, -0.1) is 0 Å². The van der Waals surface area contributed by atoms with Gasteiger partial charge in [-0.2, -0.15) is 0 Å². The molecule has 0 amide bonds. The van der Waals surface area contributed by atoms with Gasteiger partial charge in [-0.05, 0) is 88.9 Å². The van der Waals surface area contributed by atoms with E-state index < -0.39 is 0 Å². The van der Waals surface area contributed by atoms with Gasteiger partial charge in [0, 0.05) is 16.5 Å². The van der Waals surface area contributed by atoms with Gasteiger partial charge in [0.2, 0.25) is 0 Å². The van der Waals surface area contributed by atoms with Crippen molar-refractivity contribution in [1.82, 2.24) is 4.57 Å². The summed E-state index contributed by atoms with van der Waals surface area (Å²) in [4.78, 5) is 0. The second-order valence-electron chi connectivity index (χ2n) is 11.5. The van der Waals surface area contributed by atoms with Gasteiger partial charge < -0.3 is 4.57 Å². The maximum absolute atomic E-state index is 2.51. The largest absolute Gasteiger partial charge is 0.309 e. The predicted octanol–water partition coefficient (Wildman–Crippen LogP) is 10.8. The molecule has 0 radical (unpaired) electrons. The van der Waals surface area contributed by atoms with Crippen LogP contribution < -0.4 is 0 Å². The van der Waals surface area contributed by atoms with Crippen molar-refractivity contribution in [3.05, 3.63) is 127 Å². The highest BCUT2D eigenvalue weighted by molar-refractivity contribution is 6.09. The Hall–Kier alpha value is -4.10. The smallest absolute Gasteiger partial charge is 0.0541 e. The zero-order chi connectivity index (χ0) is 26.2. The fourth-order valence-electron chi connectivity index (χ4n) is 6.77. The van der Waals surface area contributed by atoms with Crippen LogP contribution in [0.1, 0.15) is 50.5 Å². The fraction of sp³-hybridized carbons (Fsp3) is 0.211. The third kappa shape index (κ3) is 4.57. The molecule has 1 saturated carbocycles. The summed E-state index contributed by atoms with van der Waals surface area (Å²) in [6, 6.07) is 44.8. The lowest BCUT2D eigenvalue weighted by molar-refractivity contribution is 0.471. The summed E-state index contributed by atoms with van der Waals surface area (Å²) in [6.45, 7) is 2.44. The molecule has 0 bridgehead atoms.